The van der Waals surface area contributed by atoms with Crippen LogP contribution in [0.4, 0.5) is 0 Å². The minimum atomic E-state index is -1.65. The number of esters is 1. The predicted molar refractivity (Wildman–Crippen MR) is 126 cm³/mol. The van der Waals surface area contributed by atoms with Crippen molar-refractivity contribution in [1.82, 2.24) is 14.7 Å². The van der Waals surface area contributed by atoms with Crippen molar-refractivity contribution in [2.45, 2.75) is 68.6 Å². The third-order valence-corrected chi connectivity index (χ3v) is 8.75. The number of aromatic nitrogens is 2. The van der Waals surface area contributed by atoms with Crippen molar-refractivity contribution >= 4 is 22.7 Å². The van der Waals surface area contributed by atoms with Crippen LogP contribution in [-0.2, 0) is 30.3 Å². The zero-order valence-electron chi connectivity index (χ0n) is 19.2. The molecule has 8 heteroatoms. The van der Waals surface area contributed by atoms with Crippen LogP contribution in [-0.4, -0.2) is 46.3 Å². The van der Waals surface area contributed by atoms with E-state index in [1.165, 1.54) is 6.42 Å². The highest BCUT2D eigenvalue weighted by molar-refractivity contribution is 7.84. The molecule has 0 N–H and O–H groups in total. The molecule has 2 fully saturated rings. The Morgan fingerprint density at radius 2 is 1.91 bits per heavy atom. The topological polar surface area (TPSA) is 81.5 Å². The van der Waals surface area contributed by atoms with E-state index in [0.717, 1.165) is 73.3 Å². The molecule has 1 aromatic heterocycles. The average molecular weight is 471 g/mol. The molecule has 1 aliphatic carbocycles. The minimum Gasteiger partial charge on any atom is -0.461 e. The number of nitrogens with zero attached hydrogens (tertiary/aromatic N) is 3. The van der Waals surface area contributed by atoms with E-state index in [-0.39, 0.29) is 30.2 Å². The van der Waals surface area contributed by atoms with Crippen LogP contribution in [0, 0.1) is 5.92 Å². The highest BCUT2D eigenvalue weighted by Gasteiger charge is 2.39. The van der Waals surface area contributed by atoms with Crippen molar-refractivity contribution in [2.75, 3.05) is 19.7 Å². The van der Waals surface area contributed by atoms with E-state index in [4.69, 9.17) is 9.84 Å². The smallest absolute Gasteiger partial charge is 0.359 e. The summed E-state index contributed by atoms with van der Waals surface area (Å²) in [6.45, 7) is 3.77. The first-order chi connectivity index (χ1) is 16.1. The van der Waals surface area contributed by atoms with Gasteiger partial charge in [-0.3, -0.25) is 9.48 Å². The second kappa shape index (κ2) is 9.41. The zero-order valence-corrected chi connectivity index (χ0v) is 20.1. The van der Waals surface area contributed by atoms with E-state index in [9.17, 15) is 13.8 Å². The fraction of sp³-hybridized carbons (Fsp3) is 0.560. The van der Waals surface area contributed by atoms with Gasteiger partial charge in [0.25, 0.3) is 0 Å². The number of hydrogen-bond donors (Lipinski definition) is 0. The number of fused-ring (bicyclic) bond motifs is 3. The number of thiol groups is 1. The maximum absolute atomic E-state index is 13.2. The minimum absolute atomic E-state index is 0.0109. The lowest BCUT2D eigenvalue weighted by molar-refractivity contribution is -0.138. The Morgan fingerprint density at radius 3 is 2.70 bits per heavy atom. The number of benzene rings is 1. The van der Waals surface area contributed by atoms with Crippen LogP contribution in [0.3, 0.4) is 0 Å². The molecular weight excluding hydrogens is 438 g/mol. The SMILES string of the molecule is CCOC(=O)c1nn(C2CCCC(C(=O)N3CCCCC3)C2)c2c1C[SH+](=O)c1ccccc1-2. The molecule has 2 aromatic rings. The molecule has 0 spiro atoms. The van der Waals surface area contributed by atoms with Gasteiger partial charge in [0.1, 0.15) is 16.6 Å². The number of rotatable bonds is 4. The Kier molecular flexibility index (Phi) is 6.36. The fourth-order valence-corrected chi connectivity index (χ4v) is 7.09. The molecule has 1 amide bonds. The highest BCUT2D eigenvalue weighted by Crippen LogP contribution is 2.43. The van der Waals surface area contributed by atoms with Crippen LogP contribution in [0.25, 0.3) is 11.3 Å². The number of likely N-dealkylation sites (tertiary alicyclic amines) is 1. The lowest BCUT2D eigenvalue weighted by Crippen LogP contribution is -2.41. The summed E-state index contributed by atoms with van der Waals surface area (Å²) in [5, 5.41) is 4.76. The van der Waals surface area contributed by atoms with Crippen molar-refractivity contribution < 1.29 is 18.5 Å². The van der Waals surface area contributed by atoms with Crippen molar-refractivity contribution in [1.29, 1.82) is 0 Å². The predicted octanol–water partition coefficient (Wildman–Crippen LogP) is 4.04. The molecule has 176 valence electrons. The van der Waals surface area contributed by atoms with Crippen molar-refractivity contribution in [3.63, 3.8) is 0 Å². The Balaban J connectivity index is 1.52. The van der Waals surface area contributed by atoms with Crippen LogP contribution in [0.5, 0.6) is 0 Å². The second-order valence-corrected chi connectivity index (χ2v) is 10.9. The molecule has 0 radical (unpaired) electrons. The van der Waals surface area contributed by atoms with Crippen LogP contribution in [0.1, 0.15) is 74.0 Å². The first kappa shape index (κ1) is 22.3. The second-order valence-electron chi connectivity index (χ2n) is 9.30. The molecule has 1 saturated carbocycles. The third-order valence-electron chi connectivity index (χ3n) is 7.22. The Hall–Kier alpha value is -2.48. The Bertz CT molecular complexity index is 1090. The molecular formula is C25H32N3O4S+. The van der Waals surface area contributed by atoms with Gasteiger partial charge in [0.05, 0.1) is 29.5 Å². The summed E-state index contributed by atoms with van der Waals surface area (Å²) in [6, 6.07) is 7.73. The summed E-state index contributed by atoms with van der Waals surface area (Å²) in [4.78, 5) is 28.9. The molecule has 3 aliphatic rings. The first-order valence-corrected chi connectivity index (χ1v) is 13.6. The summed E-state index contributed by atoms with van der Waals surface area (Å²) >= 11 is 0. The number of hydrogen-bond acceptors (Lipinski definition) is 5. The van der Waals surface area contributed by atoms with Gasteiger partial charge in [-0.05, 0) is 57.6 Å². The van der Waals surface area contributed by atoms with Gasteiger partial charge >= 0.3 is 5.97 Å². The first-order valence-electron chi connectivity index (χ1n) is 12.2. The lowest BCUT2D eigenvalue weighted by Gasteiger charge is -2.35. The van der Waals surface area contributed by atoms with E-state index in [1.807, 2.05) is 33.8 Å². The van der Waals surface area contributed by atoms with Gasteiger partial charge in [-0.15, -0.1) is 4.21 Å². The quantitative estimate of drug-likeness (QED) is 0.383. The average Bonchev–Trinajstić information content (AvgIpc) is 3.24. The van der Waals surface area contributed by atoms with Crippen LogP contribution >= 0.6 is 0 Å². The van der Waals surface area contributed by atoms with Crippen molar-refractivity contribution in [3.8, 4) is 11.3 Å². The molecule has 1 aromatic carbocycles. The van der Waals surface area contributed by atoms with Crippen LogP contribution in [0.2, 0.25) is 0 Å². The van der Waals surface area contributed by atoms with E-state index < -0.39 is 16.8 Å². The van der Waals surface area contributed by atoms with E-state index in [2.05, 4.69) is 0 Å². The van der Waals surface area contributed by atoms with Crippen molar-refractivity contribution in [2.24, 2.45) is 5.92 Å². The molecule has 5 rings (SSSR count). The number of carbonyl (C=O) groups excluding carboxylic acids is 2. The molecule has 2 aliphatic heterocycles. The maximum Gasteiger partial charge on any atom is 0.359 e. The standard InChI is InChI=1S/C25H31N3O4S/c1-2-32-25(30)22-20-16-33(31)21-12-5-4-11-19(21)23(20)28(26-22)18-10-8-9-17(15-18)24(29)27-13-6-3-7-14-27/h4-5,11-12,17-18H,2-3,6-10,13-16H2,1H3/p+1. The highest BCUT2D eigenvalue weighted by atomic mass is 32.2. The summed E-state index contributed by atoms with van der Waals surface area (Å²) < 4.78 is 20.2. The van der Waals surface area contributed by atoms with E-state index in [0.29, 0.717) is 5.75 Å². The summed E-state index contributed by atoms with van der Waals surface area (Å²) in [5.74, 6) is 0.0864. The molecule has 3 heterocycles. The monoisotopic (exact) mass is 470 g/mol. The summed E-state index contributed by atoms with van der Waals surface area (Å²) in [7, 11) is -1.65. The van der Waals surface area contributed by atoms with Gasteiger partial charge in [-0.2, -0.15) is 5.10 Å². The fourth-order valence-electron chi connectivity index (χ4n) is 5.64. The zero-order chi connectivity index (χ0) is 22.9. The maximum atomic E-state index is 13.2. The Morgan fingerprint density at radius 1 is 1.12 bits per heavy atom. The van der Waals surface area contributed by atoms with Gasteiger partial charge < -0.3 is 9.64 Å². The number of amides is 1. The molecule has 33 heavy (non-hydrogen) atoms. The van der Waals surface area contributed by atoms with Crippen LogP contribution in [0.15, 0.2) is 29.2 Å². The molecule has 7 nitrogen and oxygen atoms in total. The van der Waals surface area contributed by atoms with Gasteiger partial charge in [0, 0.05) is 19.0 Å². The molecule has 3 atom stereocenters. The van der Waals surface area contributed by atoms with Crippen LogP contribution < -0.4 is 0 Å². The molecule has 0 bridgehead atoms. The van der Waals surface area contributed by atoms with Gasteiger partial charge in [-0.25, -0.2) is 4.79 Å². The molecule has 3 unspecified atom stereocenters. The summed E-state index contributed by atoms with van der Waals surface area (Å²) in [6.07, 6.45) is 6.87. The van der Waals surface area contributed by atoms with Gasteiger partial charge in [-0.1, -0.05) is 18.6 Å². The largest absolute Gasteiger partial charge is 0.461 e. The summed E-state index contributed by atoms with van der Waals surface area (Å²) in [5.41, 5.74) is 2.75. The van der Waals surface area contributed by atoms with Crippen molar-refractivity contribution in [3.05, 3.63) is 35.5 Å². The molecule has 1 saturated heterocycles. The van der Waals surface area contributed by atoms with E-state index in [1.54, 1.807) is 6.92 Å². The number of piperidine rings is 1. The van der Waals surface area contributed by atoms with Gasteiger partial charge in [0.15, 0.2) is 10.6 Å². The number of carbonyl (C=O) groups is 2. The number of ether oxygens (including phenoxy) is 1. The van der Waals surface area contributed by atoms with Gasteiger partial charge in [0.2, 0.25) is 5.91 Å². The lowest BCUT2D eigenvalue weighted by atomic mass is 9.84. The normalized spacial score (nSPS) is 24.6. The third kappa shape index (κ3) is 4.14. The van der Waals surface area contributed by atoms with E-state index >= 15 is 0 Å². The Labute approximate surface area is 196 Å².